The third-order valence-electron chi connectivity index (χ3n) is 3.47. The highest BCUT2D eigenvalue weighted by molar-refractivity contribution is 7.80. The van der Waals surface area contributed by atoms with E-state index in [9.17, 15) is 4.79 Å². The number of thiocarbonyl (C=S) groups is 1. The van der Waals surface area contributed by atoms with Gasteiger partial charge in [0.05, 0.1) is 21.3 Å². The Labute approximate surface area is 149 Å². The Bertz CT molecular complexity index is 899. The van der Waals surface area contributed by atoms with Crippen LogP contribution in [0.3, 0.4) is 0 Å². The molecule has 24 heavy (non-hydrogen) atoms. The van der Waals surface area contributed by atoms with Crippen LogP contribution in [0.5, 0.6) is 5.75 Å². The molecule has 0 spiro atoms. The number of aromatic nitrogens is 1. The van der Waals surface area contributed by atoms with Crippen LogP contribution in [0, 0.1) is 6.92 Å². The number of ether oxygens (including phenoxy) is 1. The zero-order chi connectivity index (χ0) is 17.3. The topological polar surface area (TPSA) is 42.4 Å². The molecule has 0 atom stereocenters. The molecule has 0 aliphatic heterocycles. The monoisotopic (exact) mass is 356 g/mol. The van der Waals surface area contributed by atoms with Crippen LogP contribution < -0.4 is 4.74 Å². The minimum absolute atomic E-state index is 0.296. The summed E-state index contributed by atoms with van der Waals surface area (Å²) >= 11 is 6.81. The quantitative estimate of drug-likeness (QED) is 0.517. The number of nitrogens with zero attached hydrogens (tertiary/aromatic N) is 2. The van der Waals surface area contributed by atoms with Crippen molar-refractivity contribution in [3.05, 3.63) is 47.5 Å². The molecule has 0 saturated heterocycles. The summed E-state index contributed by atoms with van der Waals surface area (Å²) in [4.78, 5) is 17.9. The van der Waals surface area contributed by atoms with Gasteiger partial charge < -0.3 is 9.64 Å². The molecule has 1 heterocycles. The average Bonchev–Trinajstić information content (AvgIpc) is 2.99. The number of aryl methyl sites for hydroxylation is 1. The SMILES string of the molecule is Cc1cc(C=O)c(OC(=S)N(C)C)c(-c2nc3ccccc3s2)c1. The molecular weight excluding hydrogens is 340 g/mol. The zero-order valence-electron chi connectivity index (χ0n) is 13.6. The molecule has 0 aliphatic carbocycles. The van der Waals surface area contributed by atoms with Gasteiger partial charge in [-0.3, -0.25) is 4.79 Å². The lowest BCUT2D eigenvalue weighted by molar-refractivity contribution is 0.112. The second-order valence-corrected chi connectivity index (χ2v) is 6.98. The number of hydrogen-bond acceptors (Lipinski definition) is 5. The second-order valence-electron chi connectivity index (χ2n) is 5.60. The fourth-order valence-corrected chi connectivity index (χ4v) is 3.39. The van der Waals surface area contributed by atoms with Gasteiger partial charge in [-0.2, -0.15) is 0 Å². The summed E-state index contributed by atoms with van der Waals surface area (Å²) in [6.45, 7) is 1.94. The molecule has 0 saturated carbocycles. The number of para-hydroxylation sites is 1. The largest absolute Gasteiger partial charge is 0.430 e. The summed E-state index contributed by atoms with van der Waals surface area (Å²) in [5.41, 5.74) is 3.14. The highest BCUT2D eigenvalue weighted by Gasteiger charge is 2.18. The number of rotatable bonds is 3. The Hall–Kier alpha value is -2.31. The van der Waals surface area contributed by atoms with Crippen molar-refractivity contribution in [1.82, 2.24) is 9.88 Å². The van der Waals surface area contributed by atoms with Crippen LogP contribution >= 0.6 is 23.6 Å². The van der Waals surface area contributed by atoms with Crippen LogP contribution in [0.25, 0.3) is 20.8 Å². The maximum Gasteiger partial charge on any atom is 0.264 e. The van der Waals surface area contributed by atoms with Gasteiger partial charge in [-0.25, -0.2) is 4.98 Å². The van der Waals surface area contributed by atoms with Crippen LogP contribution in [0.4, 0.5) is 0 Å². The van der Waals surface area contributed by atoms with E-state index in [1.807, 2.05) is 37.3 Å². The van der Waals surface area contributed by atoms with Gasteiger partial charge >= 0.3 is 0 Å². The van der Waals surface area contributed by atoms with E-state index in [0.29, 0.717) is 16.5 Å². The summed E-state index contributed by atoms with van der Waals surface area (Å²) in [7, 11) is 3.60. The van der Waals surface area contributed by atoms with Crippen molar-refractivity contribution >= 4 is 45.2 Å². The molecule has 6 heteroatoms. The van der Waals surface area contributed by atoms with Crippen molar-refractivity contribution in [2.45, 2.75) is 6.92 Å². The van der Waals surface area contributed by atoms with Crippen LogP contribution in [-0.2, 0) is 0 Å². The molecule has 4 nitrogen and oxygen atoms in total. The van der Waals surface area contributed by atoms with E-state index in [-0.39, 0.29) is 0 Å². The van der Waals surface area contributed by atoms with Crippen molar-refractivity contribution in [1.29, 1.82) is 0 Å². The van der Waals surface area contributed by atoms with Crippen molar-refractivity contribution < 1.29 is 9.53 Å². The molecular formula is C18H16N2O2S2. The van der Waals surface area contributed by atoms with Gasteiger partial charge in [0.1, 0.15) is 5.01 Å². The van der Waals surface area contributed by atoms with Gasteiger partial charge in [0.25, 0.3) is 5.17 Å². The predicted octanol–water partition coefficient (Wildman–Crippen LogP) is 4.31. The Balaban J connectivity index is 2.19. The molecule has 2 aromatic carbocycles. The predicted molar refractivity (Wildman–Crippen MR) is 102 cm³/mol. The molecule has 0 bridgehead atoms. The van der Waals surface area contributed by atoms with Crippen LogP contribution in [-0.4, -0.2) is 35.4 Å². The number of hydrogen-bond donors (Lipinski definition) is 0. The first-order valence-electron chi connectivity index (χ1n) is 7.34. The van der Waals surface area contributed by atoms with Crippen molar-refractivity contribution in [2.24, 2.45) is 0 Å². The van der Waals surface area contributed by atoms with E-state index in [4.69, 9.17) is 17.0 Å². The van der Waals surface area contributed by atoms with E-state index < -0.39 is 0 Å². The number of thiazole rings is 1. The third-order valence-corrected chi connectivity index (χ3v) is 4.99. The van der Waals surface area contributed by atoms with Crippen molar-refractivity contribution in [3.8, 4) is 16.3 Å². The van der Waals surface area contributed by atoms with Gasteiger partial charge in [-0.15, -0.1) is 11.3 Å². The molecule has 1 aromatic heterocycles. The molecule has 0 aliphatic rings. The summed E-state index contributed by atoms with van der Waals surface area (Å²) in [6, 6.07) is 11.7. The van der Waals surface area contributed by atoms with Gasteiger partial charge in [0.15, 0.2) is 12.0 Å². The second kappa shape index (κ2) is 6.67. The van der Waals surface area contributed by atoms with Crippen LogP contribution in [0.15, 0.2) is 36.4 Å². The Morgan fingerprint density at radius 1 is 1.29 bits per heavy atom. The van der Waals surface area contributed by atoms with Gasteiger partial charge in [-0.05, 0) is 49.0 Å². The molecule has 0 N–H and O–H groups in total. The highest BCUT2D eigenvalue weighted by Crippen LogP contribution is 2.38. The Kier molecular flexibility index (Phi) is 4.59. The van der Waals surface area contributed by atoms with Crippen LogP contribution in [0.2, 0.25) is 0 Å². The lowest BCUT2D eigenvalue weighted by Gasteiger charge is -2.17. The summed E-state index contributed by atoms with van der Waals surface area (Å²) in [5.74, 6) is 0.452. The minimum Gasteiger partial charge on any atom is -0.430 e. The van der Waals surface area contributed by atoms with Crippen molar-refractivity contribution in [3.63, 3.8) is 0 Å². The smallest absolute Gasteiger partial charge is 0.264 e. The number of carbonyl (C=O) groups excluding carboxylic acids is 1. The van der Waals surface area contributed by atoms with E-state index in [2.05, 4.69) is 4.98 Å². The number of fused-ring (bicyclic) bond motifs is 1. The standard InChI is InChI=1S/C18H16N2O2S2/c1-11-8-12(10-21)16(22-18(23)20(2)3)13(9-11)17-19-14-6-4-5-7-15(14)24-17/h4-10H,1-3H3. The maximum atomic E-state index is 11.5. The fourth-order valence-electron chi connectivity index (χ4n) is 2.33. The van der Waals surface area contributed by atoms with E-state index in [0.717, 1.165) is 32.6 Å². The highest BCUT2D eigenvalue weighted by atomic mass is 32.1. The summed E-state index contributed by atoms with van der Waals surface area (Å²) in [5, 5.41) is 1.10. The Morgan fingerprint density at radius 2 is 2.04 bits per heavy atom. The first-order chi connectivity index (χ1) is 11.5. The van der Waals surface area contributed by atoms with Crippen molar-refractivity contribution in [2.75, 3.05) is 14.1 Å². The lowest BCUT2D eigenvalue weighted by atomic mass is 10.1. The lowest BCUT2D eigenvalue weighted by Crippen LogP contribution is -2.25. The molecule has 122 valence electrons. The number of benzene rings is 2. The Morgan fingerprint density at radius 3 is 2.71 bits per heavy atom. The first kappa shape index (κ1) is 16.5. The van der Waals surface area contributed by atoms with E-state index in [1.165, 1.54) is 0 Å². The molecule has 3 rings (SSSR count). The van der Waals surface area contributed by atoms with Gasteiger partial charge in [0, 0.05) is 14.1 Å². The van der Waals surface area contributed by atoms with E-state index in [1.54, 1.807) is 36.4 Å². The summed E-state index contributed by atoms with van der Waals surface area (Å²) in [6.07, 6.45) is 0.789. The van der Waals surface area contributed by atoms with Gasteiger partial charge in [-0.1, -0.05) is 12.1 Å². The summed E-state index contributed by atoms with van der Waals surface area (Å²) < 4.78 is 6.91. The number of aldehydes is 1. The minimum atomic E-state index is 0.296. The average molecular weight is 356 g/mol. The molecule has 0 radical (unpaired) electrons. The first-order valence-corrected chi connectivity index (χ1v) is 8.57. The number of carbonyl (C=O) groups is 1. The molecule has 3 aromatic rings. The molecule has 0 unspecified atom stereocenters. The maximum absolute atomic E-state index is 11.5. The molecule has 0 fully saturated rings. The third kappa shape index (κ3) is 3.16. The van der Waals surface area contributed by atoms with E-state index >= 15 is 0 Å². The molecule has 0 amide bonds. The van der Waals surface area contributed by atoms with Gasteiger partial charge in [0.2, 0.25) is 0 Å². The normalized spacial score (nSPS) is 10.6. The zero-order valence-corrected chi connectivity index (χ0v) is 15.2. The van der Waals surface area contributed by atoms with Crippen LogP contribution in [0.1, 0.15) is 15.9 Å². The fraction of sp³-hybridized carbons (Fsp3) is 0.167.